The van der Waals surface area contributed by atoms with Gasteiger partial charge in [0.05, 0.1) is 6.54 Å². The summed E-state index contributed by atoms with van der Waals surface area (Å²) in [5, 5.41) is 0.707. The Morgan fingerprint density at radius 2 is 1.95 bits per heavy atom. The third-order valence-corrected chi connectivity index (χ3v) is 4.16. The highest BCUT2D eigenvalue weighted by Gasteiger charge is 2.20. The van der Waals surface area contributed by atoms with Crippen molar-refractivity contribution in [3.05, 3.63) is 68.6 Å². The van der Waals surface area contributed by atoms with Gasteiger partial charge in [-0.1, -0.05) is 29.8 Å². The van der Waals surface area contributed by atoms with Gasteiger partial charge in [0.15, 0.2) is 0 Å². The summed E-state index contributed by atoms with van der Waals surface area (Å²) in [6.07, 6.45) is 2.96. The molecule has 1 unspecified atom stereocenters. The predicted molar refractivity (Wildman–Crippen MR) is 81.1 cm³/mol. The Morgan fingerprint density at radius 1 is 1.20 bits per heavy atom. The van der Waals surface area contributed by atoms with Gasteiger partial charge in [0.1, 0.15) is 0 Å². The van der Waals surface area contributed by atoms with E-state index in [0.717, 1.165) is 36.1 Å². The van der Waals surface area contributed by atoms with Crippen molar-refractivity contribution in [2.75, 3.05) is 0 Å². The van der Waals surface area contributed by atoms with Crippen LogP contribution in [0, 0.1) is 0 Å². The molecule has 0 saturated heterocycles. The van der Waals surface area contributed by atoms with E-state index in [-0.39, 0.29) is 11.6 Å². The zero-order valence-electron chi connectivity index (χ0n) is 11.2. The number of fused-ring (bicyclic) bond motifs is 1. The standard InChI is InChI=1S/C16H17ClN2O/c17-12-6-4-11(5-7-12)10-19-15-3-1-2-14(18)13(15)8-9-16(19)20/h4-9,14H,1-3,10,18H2. The van der Waals surface area contributed by atoms with Crippen molar-refractivity contribution in [2.45, 2.75) is 31.8 Å². The van der Waals surface area contributed by atoms with Gasteiger partial charge in [-0.25, -0.2) is 0 Å². The summed E-state index contributed by atoms with van der Waals surface area (Å²) < 4.78 is 1.84. The van der Waals surface area contributed by atoms with E-state index < -0.39 is 0 Å². The second kappa shape index (κ2) is 5.43. The molecule has 0 fully saturated rings. The zero-order chi connectivity index (χ0) is 14.1. The Labute approximate surface area is 123 Å². The second-order valence-corrected chi connectivity index (χ2v) is 5.72. The Kier molecular flexibility index (Phi) is 3.64. The summed E-state index contributed by atoms with van der Waals surface area (Å²) in [4.78, 5) is 12.2. The van der Waals surface area contributed by atoms with Gasteiger partial charge in [-0.3, -0.25) is 4.79 Å². The molecule has 3 rings (SSSR count). The van der Waals surface area contributed by atoms with Gasteiger partial charge >= 0.3 is 0 Å². The molecule has 0 spiro atoms. The van der Waals surface area contributed by atoms with E-state index in [2.05, 4.69) is 0 Å². The summed E-state index contributed by atoms with van der Waals surface area (Å²) in [6.45, 7) is 0.575. The lowest BCUT2D eigenvalue weighted by Crippen LogP contribution is -2.29. The molecule has 1 aliphatic rings. The Bertz CT molecular complexity index is 676. The van der Waals surface area contributed by atoms with Crippen LogP contribution in [0.4, 0.5) is 0 Å². The van der Waals surface area contributed by atoms with Gasteiger partial charge in [0.2, 0.25) is 0 Å². The molecule has 20 heavy (non-hydrogen) atoms. The van der Waals surface area contributed by atoms with E-state index >= 15 is 0 Å². The fraction of sp³-hybridized carbons (Fsp3) is 0.312. The van der Waals surface area contributed by atoms with E-state index in [9.17, 15) is 4.79 Å². The molecule has 0 bridgehead atoms. The summed E-state index contributed by atoms with van der Waals surface area (Å²) in [5.41, 5.74) is 9.46. The van der Waals surface area contributed by atoms with Crippen LogP contribution in [0.3, 0.4) is 0 Å². The van der Waals surface area contributed by atoms with Crippen molar-refractivity contribution in [1.82, 2.24) is 4.57 Å². The molecule has 2 N–H and O–H groups in total. The van der Waals surface area contributed by atoms with Gasteiger partial charge < -0.3 is 10.3 Å². The number of rotatable bonds is 2. The van der Waals surface area contributed by atoms with Gasteiger partial charge in [0, 0.05) is 22.8 Å². The summed E-state index contributed by atoms with van der Waals surface area (Å²) in [6, 6.07) is 11.2. The third-order valence-electron chi connectivity index (χ3n) is 3.91. The van der Waals surface area contributed by atoms with Crippen LogP contribution in [-0.2, 0) is 13.0 Å². The lowest BCUT2D eigenvalue weighted by atomic mass is 9.91. The molecule has 1 aliphatic carbocycles. The summed E-state index contributed by atoms with van der Waals surface area (Å²) in [5.74, 6) is 0. The maximum absolute atomic E-state index is 12.2. The number of benzene rings is 1. The van der Waals surface area contributed by atoms with Crippen LogP contribution in [0.2, 0.25) is 5.02 Å². The van der Waals surface area contributed by atoms with Crippen molar-refractivity contribution in [2.24, 2.45) is 5.73 Å². The minimum atomic E-state index is 0.0350. The predicted octanol–water partition coefficient (Wildman–Crippen LogP) is 2.89. The smallest absolute Gasteiger partial charge is 0.251 e. The zero-order valence-corrected chi connectivity index (χ0v) is 11.9. The number of nitrogens with two attached hydrogens (primary N) is 1. The first-order valence-electron chi connectivity index (χ1n) is 6.88. The third kappa shape index (κ3) is 2.51. The van der Waals surface area contributed by atoms with E-state index in [1.165, 1.54) is 0 Å². The minimum absolute atomic E-state index is 0.0350. The van der Waals surface area contributed by atoms with Crippen molar-refractivity contribution in [3.63, 3.8) is 0 Å². The van der Waals surface area contributed by atoms with Crippen LogP contribution < -0.4 is 11.3 Å². The highest BCUT2D eigenvalue weighted by atomic mass is 35.5. The van der Waals surface area contributed by atoms with Crippen molar-refractivity contribution in [1.29, 1.82) is 0 Å². The summed E-state index contributed by atoms with van der Waals surface area (Å²) in [7, 11) is 0. The number of halogens is 1. The first-order valence-corrected chi connectivity index (χ1v) is 7.25. The lowest BCUT2D eigenvalue weighted by Gasteiger charge is -2.25. The first-order chi connectivity index (χ1) is 9.65. The maximum Gasteiger partial charge on any atom is 0.251 e. The van der Waals surface area contributed by atoms with Crippen LogP contribution in [0.5, 0.6) is 0 Å². The molecule has 0 saturated carbocycles. The van der Waals surface area contributed by atoms with Gasteiger partial charge in [-0.2, -0.15) is 0 Å². The van der Waals surface area contributed by atoms with Gasteiger partial charge in [-0.05, 0) is 42.5 Å². The van der Waals surface area contributed by atoms with Crippen LogP contribution in [0.15, 0.2) is 41.2 Å². The van der Waals surface area contributed by atoms with Gasteiger partial charge in [-0.15, -0.1) is 0 Å². The van der Waals surface area contributed by atoms with Gasteiger partial charge in [0.25, 0.3) is 5.56 Å². The fourth-order valence-electron chi connectivity index (χ4n) is 2.84. The molecule has 0 amide bonds. The molecule has 1 heterocycles. The fourth-order valence-corrected chi connectivity index (χ4v) is 2.97. The van der Waals surface area contributed by atoms with E-state index in [4.69, 9.17) is 17.3 Å². The Morgan fingerprint density at radius 3 is 2.70 bits per heavy atom. The summed E-state index contributed by atoms with van der Waals surface area (Å²) >= 11 is 5.90. The molecule has 4 heteroatoms. The second-order valence-electron chi connectivity index (χ2n) is 5.28. The molecule has 3 nitrogen and oxygen atoms in total. The number of aromatic nitrogens is 1. The molecule has 104 valence electrons. The topological polar surface area (TPSA) is 48.0 Å². The van der Waals surface area contributed by atoms with Crippen molar-refractivity contribution >= 4 is 11.6 Å². The number of pyridine rings is 1. The molecular formula is C16H17ClN2O. The molecule has 1 aromatic heterocycles. The lowest BCUT2D eigenvalue weighted by molar-refractivity contribution is 0.529. The van der Waals surface area contributed by atoms with Crippen LogP contribution in [0.25, 0.3) is 0 Å². The molecule has 1 aromatic carbocycles. The average Bonchev–Trinajstić information content (AvgIpc) is 2.44. The van der Waals surface area contributed by atoms with Crippen molar-refractivity contribution in [3.8, 4) is 0 Å². The van der Waals surface area contributed by atoms with Crippen LogP contribution in [-0.4, -0.2) is 4.57 Å². The van der Waals surface area contributed by atoms with Crippen molar-refractivity contribution < 1.29 is 0 Å². The molecule has 2 aromatic rings. The number of hydrogen-bond donors (Lipinski definition) is 1. The Hall–Kier alpha value is -1.58. The molecular weight excluding hydrogens is 272 g/mol. The van der Waals surface area contributed by atoms with E-state index in [0.29, 0.717) is 11.6 Å². The number of hydrogen-bond acceptors (Lipinski definition) is 2. The quantitative estimate of drug-likeness (QED) is 0.924. The monoisotopic (exact) mass is 288 g/mol. The molecule has 0 radical (unpaired) electrons. The largest absolute Gasteiger partial charge is 0.324 e. The normalized spacial score (nSPS) is 17.8. The van der Waals surface area contributed by atoms with E-state index in [1.807, 2.05) is 34.9 Å². The maximum atomic E-state index is 12.2. The molecule has 1 atom stereocenters. The highest BCUT2D eigenvalue weighted by Crippen LogP contribution is 2.27. The molecule has 0 aliphatic heterocycles. The first kappa shape index (κ1) is 13.4. The van der Waals surface area contributed by atoms with Crippen LogP contribution >= 0.6 is 11.6 Å². The van der Waals surface area contributed by atoms with Crippen LogP contribution in [0.1, 0.15) is 35.7 Å². The average molecular weight is 289 g/mol. The SMILES string of the molecule is NC1CCCc2c1ccc(=O)n2Cc1ccc(Cl)cc1. The minimum Gasteiger partial charge on any atom is -0.324 e. The number of nitrogens with zero attached hydrogens (tertiary/aromatic N) is 1. The Balaban J connectivity index is 2.02. The highest BCUT2D eigenvalue weighted by molar-refractivity contribution is 6.30. The van der Waals surface area contributed by atoms with E-state index in [1.54, 1.807) is 6.07 Å².